The van der Waals surface area contributed by atoms with Gasteiger partial charge in [0.15, 0.2) is 0 Å². The van der Waals surface area contributed by atoms with E-state index in [0.29, 0.717) is 5.39 Å². The molecule has 0 atom stereocenters. The average Bonchev–Trinajstić information content (AvgIpc) is 2.52. The Hall–Kier alpha value is -2.45. The zero-order valence-electron chi connectivity index (χ0n) is 12.1. The summed E-state index contributed by atoms with van der Waals surface area (Å²) in [6.45, 7) is 0. The molecule has 2 aromatic carbocycles. The summed E-state index contributed by atoms with van der Waals surface area (Å²) in [4.78, 5) is 3.61. The van der Waals surface area contributed by atoms with Crippen LogP contribution in [-0.2, 0) is 10.0 Å². The van der Waals surface area contributed by atoms with E-state index >= 15 is 0 Å². The number of benzene rings is 2. The Kier molecular flexibility index (Phi) is 4.02. The van der Waals surface area contributed by atoms with Crippen LogP contribution in [0.2, 0.25) is 0 Å². The summed E-state index contributed by atoms with van der Waals surface area (Å²) >= 11 is 0. The minimum Gasteiger partial charge on any atom is -0.256 e. The van der Waals surface area contributed by atoms with Gasteiger partial charge in [0.25, 0.3) is 0 Å². The van der Waals surface area contributed by atoms with E-state index in [4.69, 9.17) is 0 Å². The van der Waals surface area contributed by atoms with Crippen molar-refractivity contribution in [1.82, 2.24) is 9.71 Å². The smallest absolute Gasteiger partial charge is 0.256 e. The van der Waals surface area contributed by atoms with Crippen LogP contribution in [0.15, 0.2) is 65.7 Å². The summed E-state index contributed by atoms with van der Waals surface area (Å²) in [7, 11) is -4.84. The van der Waals surface area contributed by atoms with Gasteiger partial charge in [0, 0.05) is 17.1 Å². The molecule has 124 valence electrons. The van der Waals surface area contributed by atoms with Crippen molar-refractivity contribution in [2.75, 3.05) is 0 Å². The molecule has 1 N–H and O–H groups in total. The predicted octanol–water partition coefficient (Wildman–Crippen LogP) is 3.70. The number of hydrogen-bond acceptors (Lipinski definition) is 3. The maximum Gasteiger partial charge on any atom is 0.470 e. The summed E-state index contributed by atoms with van der Waals surface area (Å²) in [5, 5.41) is 0.706. The molecule has 1 heterocycles. The first-order valence-corrected chi connectivity index (χ1v) is 8.30. The van der Waals surface area contributed by atoms with Crippen molar-refractivity contribution >= 4 is 20.8 Å². The molecule has 0 fully saturated rings. The van der Waals surface area contributed by atoms with E-state index < -0.39 is 21.2 Å². The van der Waals surface area contributed by atoms with Crippen LogP contribution >= 0.6 is 0 Å². The number of aromatic nitrogens is 1. The highest BCUT2D eigenvalue weighted by atomic mass is 32.2. The van der Waals surface area contributed by atoms with Gasteiger partial charge in [-0.3, -0.25) is 4.98 Å². The molecular weight excluding hydrogens is 341 g/mol. The number of pyridine rings is 1. The van der Waals surface area contributed by atoms with Gasteiger partial charge in [-0.2, -0.15) is 13.2 Å². The number of halogens is 3. The molecule has 4 nitrogen and oxygen atoms in total. The van der Waals surface area contributed by atoms with E-state index in [1.165, 1.54) is 24.4 Å². The van der Waals surface area contributed by atoms with Crippen molar-refractivity contribution in [2.24, 2.45) is 0 Å². The SMILES string of the molecule is O=S(=O)(NC(F)(F)F)c1c(-c2ccccn2)ccc2ccccc12. The standard InChI is InChI=1S/C16H11F3N2O2S/c17-16(18,19)21-24(22,23)15-12-6-2-1-5-11(12)8-9-13(15)14-7-3-4-10-20-14/h1-10,21H. The molecule has 0 amide bonds. The van der Waals surface area contributed by atoms with Crippen LogP contribution in [0.5, 0.6) is 0 Å². The summed E-state index contributed by atoms with van der Waals surface area (Å²) in [6, 6.07) is 14.2. The van der Waals surface area contributed by atoms with Crippen molar-refractivity contribution in [3.05, 3.63) is 60.8 Å². The maximum absolute atomic E-state index is 12.7. The molecule has 24 heavy (non-hydrogen) atoms. The number of rotatable bonds is 3. The van der Waals surface area contributed by atoms with Gasteiger partial charge in [-0.25, -0.2) is 8.42 Å². The minimum atomic E-state index is -5.07. The lowest BCUT2D eigenvalue weighted by molar-refractivity contribution is -0.138. The fourth-order valence-corrected chi connectivity index (χ4v) is 3.80. The highest BCUT2D eigenvalue weighted by Gasteiger charge is 2.37. The first kappa shape index (κ1) is 16.4. The number of nitrogens with one attached hydrogen (secondary N) is 1. The van der Waals surface area contributed by atoms with Crippen molar-refractivity contribution in [3.63, 3.8) is 0 Å². The zero-order chi connectivity index (χ0) is 17.4. The fourth-order valence-electron chi connectivity index (χ4n) is 2.46. The molecule has 3 aromatic rings. The molecule has 1 aromatic heterocycles. The number of alkyl halides is 3. The van der Waals surface area contributed by atoms with Gasteiger partial charge in [-0.15, -0.1) is 4.72 Å². The van der Waals surface area contributed by atoms with Crippen LogP contribution in [0.3, 0.4) is 0 Å². The summed E-state index contributed by atoms with van der Waals surface area (Å²) in [5.74, 6) is 0. The molecule has 3 rings (SSSR count). The quantitative estimate of drug-likeness (QED) is 0.731. The van der Waals surface area contributed by atoms with Crippen molar-refractivity contribution in [2.45, 2.75) is 11.2 Å². The van der Waals surface area contributed by atoms with E-state index in [0.717, 1.165) is 4.72 Å². The maximum atomic E-state index is 12.7. The highest BCUT2D eigenvalue weighted by Crippen LogP contribution is 2.33. The van der Waals surface area contributed by atoms with Gasteiger partial charge in [0.2, 0.25) is 10.0 Å². The number of nitrogens with zero attached hydrogens (tertiary/aromatic N) is 1. The summed E-state index contributed by atoms with van der Waals surface area (Å²) in [5.41, 5.74) is 0.372. The van der Waals surface area contributed by atoms with Gasteiger partial charge in [0.05, 0.1) is 10.6 Å². The third-order valence-electron chi connectivity index (χ3n) is 3.34. The van der Waals surface area contributed by atoms with Crippen LogP contribution in [0.25, 0.3) is 22.0 Å². The van der Waals surface area contributed by atoms with Crippen molar-refractivity contribution in [1.29, 1.82) is 0 Å². The van der Waals surface area contributed by atoms with Crippen LogP contribution in [0.4, 0.5) is 13.2 Å². The van der Waals surface area contributed by atoms with Crippen LogP contribution < -0.4 is 4.72 Å². The zero-order valence-corrected chi connectivity index (χ0v) is 12.9. The molecule has 0 aliphatic heterocycles. The third-order valence-corrected chi connectivity index (χ3v) is 4.82. The molecule has 0 spiro atoms. The first-order chi connectivity index (χ1) is 11.3. The molecule has 0 unspecified atom stereocenters. The normalized spacial score (nSPS) is 12.5. The van der Waals surface area contributed by atoms with E-state index in [-0.39, 0.29) is 16.6 Å². The second kappa shape index (κ2) is 5.88. The molecule has 0 aliphatic rings. The predicted molar refractivity (Wildman–Crippen MR) is 83.6 cm³/mol. The summed E-state index contributed by atoms with van der Waals surface area (Å²) < 4.78 is 63.5. The third kappa shape index (κ3) is 3.24. The molecule has 0 aliphatic carbocycles. The lowest BCUT2D eigenvalue weighted by atomic mass is 10.0. The molecule has 0 radical (unpaired) electrons. The number of fused-ring (bicyclic) bond motifs is 1. The second-order valence-corrected chi connectivity index (χ2v) is 6.60. The highest BCUT2D eigenvalue weighted by molar-refractivity contribution is 7.90. The van der Waals surface area contributed by atoms with E-state index in [2.05, 4.69) is 4.98 Å². The Morgan fingerprint density at radius 3 is 2.29 bits per heavy atom. The molecule has 8 heteroatoms. The van der Waals surface area contributed by atoms with Gasteiger partial charge >= 0.3 is 6.30 Å². The molecule has 0 saturated carbocycles. The van der Waals surface area contributed by atoms with E-state index in [1.54, 1.807) is 36.4 Å². The van der Waals surface area contributed by atoms with Gasteiger partial charge in [0.1, 0.15) is 0 Å². The topological polar surface area (TPSA) is 59.1 Å². The largest absolute Gasteiger partial charge is 0.470 e. The van der Waals surface area contributed by atoms with Gasteiger partial charge in [-0.05, 0) is 17.5 Å². The van der Waals surface area contributed by atoms with Gasteiger partial charge in [-0.1, -0.05) is 42.5 Å². The lowest BCUT2D eigenvalue weighted by Gasteiger charge is -2.15. The monoisotopic (exact) mass is 352 g/mol. The molecule has 0 saturated heterocycles. The summed E-state index contributed by atoms with van der Waals surface area (Å²) in [6.07, 6.45) is -3.63. The molecular formula is C16H11F3N2O2S. The fraction of sp³-hybridized carbons (Fsp3) is 0.0625. The number of sulfonamides is 1. The minimum absolute atomic E-state index is 0.103. The lowest BCUT2D eigenvalue weighted by Crippen LogP contribution is -2.37. The van der Waals surface area contributed by atoms with E-state index in [9.17, 15) is 21.6 Å². The Morgan fingerprint density at radius 1 is 0.917 bits per heavy atom. The van der Waals surface area contributed by atoms with E-state index in [1.807, 2.05) is 0 Å². The number of hydrogen-bond donors (Lipinski definition) is 1. The Morgan fingerprint density at radius 2 is 1.62 bits per heavy atom. The Bertz CT molecular complexity index is 987. The van der Waals surface area contributed by atoms with Crippen LogP contribution in [-0.4, -0.2) is 19.7 Å². The average molecular weight is 352 g/mol. The van der Waals surface area contributed by atoms with Crippen molar-refractivity contribution in [3.8, 4) is 11.3 Å². The Balaban J connectivity index is 2.35. The first-order valence-electron chi connectivity index (χ1n) is 6.82. The Labute approximate surface area is 136 Å². The van der Waals surface area contributed by atoms with Crippen LogP contribution in [0, 0.1) is 0 Å². The van der Waals surface area contributed by atoms with Crippen LogP contribution in [0.1, 0.15) is 0 Å². The second-order valence-electron chi connectivity index (χ2n) is 4.98. The molecule has 0 bridgehead atoms. The van der Waals surface area contributed by atoms with Gasteiger partial charge < -0.3 is 0 Å². The van der Waals surface area contributed by atoms with Crippen molar-refractivity contribution < 1.29 is 21.6 Å².